The third-order valence-corrected chi connectivity index (χ3v) is 7.29. The Morgan fingerprint density at radius 3 is 2.32 bits per heavy atom. The van der Waals surface area contributed by atoms with Gasteiger partial charge < -0.3 is 30.1 Å². The molecule has 44 heavy (non-hydrogen) atoms. The number of likely N-dealkylation sites (tertiary alicyclic amines) is 1. The molecule has 2 aliphatic heterocycles. The second kappa shape index (κ2) is 12.1. The number of para-hydroxylation sites is 1. The van der Waals surface area contributed by atoms with E-state index in [4.69, 9.17) is 4.74 Å². The number of anilines is 5. The first-order chi connectivity index (χ1) is 20.8. The number of carbonyl (C=O) groups excluding carboxylic acids is 3. The first-order valence-corrected chi connectivity index (χ1v) is 14.3. The van der Waals surface area contributed by atoms with Crippen LogP contribution in [0.15, 0.2) is 60.8 Å². The van der Waals surface area contributed by atoms with E-state index in [1.165, 1.54) is 18.1 Å². The summed E-state index contributed by atoms with van der Waals surface area (Å²) in [6.07, 6.45) is 2.21. The molecule has 1 aromatic heterocycles. The lowest BCUT2D eigenvalue weighted by atomic mass is 10.0. The molecule has 232 valence electrons. The molecule has 0 bridgehead atoms. The third-order valence-electron chi connectivity index (χ3n) is 7.29. The zero-order valence-electron chi connectivity index (χ0n) is 25.0. The number of nitrogens with zero attached hydrogens (tertiary/aromatic N) is 5. The molecule has 1 fully saturated rings. The van der Waals surface area contributed by atoms with Gasteiger partial charge in [0, 0.05) is 43.1 Å². The lowest BCUT2D eigenvalue weighted by molar-refractivity contribution is -0.140. The maximum absolute atomic E-state index is 14.9. The van der Waals surface area contributed by atoms with Crippen LogP contribution in [0.25, 0.3) is 0 Å². The standard InChI is InChI=1S/C31H35F2N7O4/c1-30(2,3)44-29(43)39-16-14-22(15-17-39)35-26(41)20-10-12-21(13-11-20)36-28-34-18-24-25(37-28)40(23-8-6-5-7-9-23)19-31(32,33)27(42)38(24)4/h5-13,18,22H,14-17,19H2,1-4H3,(H,35,41)(H,34,36,37). The molecule has 0 saturated carbocycles. The molecule has 0 spiro atoms. The number of aromatic nitrogens is 2. The van der Waals surface area contributed by atoms with Gasteiger partial charge in [-0.05, 0) is 70.0 Å². The minimum absolute atomic E-state index is 0.0723. The molecule has 13 heteroatoms. The minimum Gasteiger partial charge on any atom is -0.444 e. The Morgan fingerprint density at radius 1 is 1.02 bits per heavy atom. The summed E-state index contributed by atoms with van der Waals surface area (Å²) >= 11 is 0. The summed E-state index contributed by atoms with van der Waals surface area (Å²) in [7, 11) is 1.27. The molecule has 3 heterocycles. The van der Waals surface area contributed by atoms with E-state index in [0.29, 0.717) is 42.9 Å². The molecule has 3 aromatic rings. The first-order valence-electron chi connectivity index (χ1n) is 14.3. The molecule has 0 atom stereocenters. The van der Waals surface area contributed by atoms with Crippen molar-refractivity contribution in [2.45, 2.75) is 51.2 Å². The number of hydrogen-bond donors (Lipinski definition) is 2. The summed E-state index contributed by atoms with van der Waals surface area (Å²) in [5, 5.41) is 6.08. The monoisotopic (exact) mass is 607 g/mol. The number of fused-ring (bicyclic) bond motifs is 1. The van der Waals surface area contributed by atoms with Crippen molar-refractivity contribution in [1.29, 1.82) is 0 Å². The van der Waals surface area contributed by atoms with Gasteiger partial charge >= 0.3 is 12.0 Å². The molecule has 0 unspecified atom stereocenters. The second-order valence-electron chi connectivity index (χ2n) is 11.8. The number of halogens is 2. The quantitative estimate of drug-likeness (QED) is 0.411. The topological polar surface area (TPSA) is 120 Å². The highest BCUT2D eigenvalue weighted by Crippen LogP contribution is 2.39. The van der Waals surface area contributed by atoms with Gasteiger partial charge in [-0.2, -0.15) is 13.8 Å². The maximum atomic E-state index is 14.9. The first kappa shape index (κ1) is 30.6. The summed E-state index contributed by atoms with van der Waals surface area (Å²) in [5.74, 6) is -4.95. The van der Waals surface area contributed by atoms with Gasteiger partial charge in [0.25, 0.3) is 11.8 Å². The van der Waals surface area contributed by atoms with Crippen molar-refractivity contribution in [3.8, 4) is 0 Å². The second-order valence-corrected chi connectivity index (χ2v) is 11.8. The largest absolute Gasteiger partial charge is 0.444 e. The van der Waals surface area contributed by atoms with Crippen molar-refractivity contribution in [2.75, 3.05) is 41.8 Å². The van der Waals surface area contributed by atoms with E-state index in [9.17, 15) is 23.2 Å². The van der Waals surface area contributed by atoms with E-state index in [1.807, 2.05) is 20.8 Å². The fourth-order valence-electron chi connectivity index (χ4n) is 5.01. The number of amides is 3. The fraction of sp³-hybridized carbons (Fsp3) is 0.387. The Hall–Kier alpha value is -4.81. The highest BCUT2D eigenvalue weighted by atomic mass is 19.3. The third kappa shape index (κ3) is 6.87. The van der Waals surface area contributed by atoms with Crippen molar-refractivity contribution >= 4 is 46.7 Å². The molecule has 5 rings (SSSR count). The minimum atomic E-state index is -3.65. The molecular formula is C31H35F2N7O4. The van der Waals surface area contributed by atoms with Crippen molar-refractivity contribution in [2.24, 2.45) is 0 Å². The summed E-state index contributed by atoms with van der Waals surface area (Å²) in [6, 6.07) is 15.1. The Labute approximate surface area is 254 Å². The zero-order chi connectivity index (χ0) is 31.6. The molecule has 11 nitrogen and oxygen atoms in total. The van der Waals surface area contributed by atoms with Crippen LogP contribution in [0.3, 0.4) is 0 Å². The van der Waals surface area contributed by atoms with Crippen LogP contribution in [0.5, 0.6) is 0 Å². The fourth-order valence-corrected chi connectivity index (χ4v) is 5.01. The van der Waals surface area contributed by atoms with E-state index in [2.05, 4.69) is 20.6 Å². The van der Waals surface area contributed by atoms with Crippen LogP contribution in [0.4, 0.5) is 42.4 Å². The Kier molecular flexibility index (Phi) is 8.40. The average molecular weight is 608 g/mol. The predicted molar refractivity (Wildman–Crippen MR) is 162 cm³/mol. The van der Waals surface area contributed by atoms with Crippen molar-refractivity contribution in [3.05, 3.63) is 66.4 Å². The van der Waals surface area contributed by atoms with Gasteiger partial charge in [-0.1, -0.05) is 18.2 Å². The van der Waals surface area contributed by atoms with E-state index in [-0.39, 0.29) is 35.5 Å². The number of carbonyl (C=O) groups is 3. The van der Waals surface area contributed by atoms with Crippen molar-refractivity contribution in [1.82, 2.24) is 20.2 Å². The van der Waals surface area contributed by atoms with E-state index >= 15 is 0 Å². The van der Waals surface area contributed by atoms with Crippen molar-refractivity contribution in [3.63, 3.8) is 0 Å². The molecule has 2 aromatic carbocycles. The average Bonchev–Trinajstić information content (AvgIpc) is 3.06. The predicted octanol–water partition coefficient (Wildman–Crippen LogP) is 5.10. The van der Waals surface area contributed by atoms with Gasteiger partial charge in [0.05, 0.1) is 12.7 Å². The molecule has 1 saturated heterocycles. The summed E-state index contributed by atoms with van der Waals surface area (Å²) in [6.45, 7) is 5.58. The van der Waals surface area contributed by atoms with Crippen LogP contribution in [-0.4, -0.2) is 77.0 Å². The van der Waals surface area contributed by atoms with Gasteiger partial charge in [0.2, 0.25) is 5.95 Å². The van der Waals surface area contributed by atoms with Crippen molar-refractivity contribution < 1.29 is 27.9 Å². The van der Waals surface area contributed by atoms with E-state index in [1.54, 1.807) is 59.5 Å². The Bertz CT molecular complexity index is 1520. The number of piperidine rings is 1. The lowest BCUT2D eigenvalue weighted by Crippen LogP contribution is -2.47. The number of nitrogens with one attached hydrogen (secondary N) is 2. The highest BCUT2D eigenvalue weighted by Gasteiger charge is 2.47. The Morgan fingerprint density at radius 2 is 1.68 bits per heavy atom. The van der Waals surface area contributed by atoms with Gasteiger partial charge in [0.1, 0.15) is 11.3 Å². The van der Waals surface area contributed by atoms with E-state index in [0.717, 1.165) is 4.90 Å². The number of alkyl halides is 2. The number of benzene rings is 2. The zero-order valence-corrected chi connectivity index (χ0v) is 25.0. The van der Waals surface area contributed by atoms with Gasteiger partial charge in [-0.3, -0.25) is 9.59 Å². The van der Waals surface area contributed by atoms with Crippen LogP contribution in [0, 0.1) is 0 Å². The number of rotatable bonds is 5. The van der Waals surface area contributed by atoms with Gasteiger partial charge in [-0.15, -0.1) is 0 Å². The van der Waals surface area contributed by atoms with Crippen LogP contribution < -0.4 is 20.4 Å². The normalized spacial score (nSPS) is 17.0. The lowest BCUT2D eigenvalue weighted by Gasteiger charge is -2.33. The molecule has 0 radical (unpaired) electrons. The van der Waals surface area contributed by atoms with Crippen LogP contribution in [0.1, 0.15) is 44.0 Å². The summed E-state index contributed by atoms with van der Waals surface area (Å²) < 4.78 is 35.1. The van der Waals surface area contributed by atoms with Crippen LogP contribution >= 0.6 is 0 Å². The Balaban J connectivity index is 1.25. The summed E-state index contributed by atoms with van der Waals surface area (Å²) in [4.78, 5) is 50.3. The number of ether oxygens (including phenoxy) is 1. The molecule has 0 aliphatic carbocycles. The highest BCUT2D eigenvalue weighted by molar-refractivity contribution is 6.02. The molecular weight excluding hydrogens is 572 g/mol. The SMILES string of the molecule is CN1C(=O)C(F)(F)CN(c2ccccc2)c2nc(Nc3ccc(C(=O)NC4CCN(C(=O)OC(C)(C)C)CC4)cc3)ncc21. The van der Waals surface area contributed by atoms with Gasteiger partial charge in [0.15, 0.2) is 5.82 Å². The van der Waals surface area contributed by atoms with Crippen LogP contribution in [0.2, 0.25) is 0 Å². The molecule has 3 amide bonds. The van der Waals surface area contributed by atoms with Crippen LogP contribution in [-0.2, 0) is 9.53 Å². The smallest absolute Gasteiger partial charge is 0.410 e. The van der Waals surface area contributed by atoms with Gasteiger partial charge in [-0.25, -0.2) is 9.78 Å². The number of hydrogen-bond acceptors (Lipinski definition) is 8. The maximum Gasteiger partial charge on any atom is 0.410 e. The molecule has 2 N–H and O–H groups in total. The molecule has 2 aliphatic rings. The summed E-state index contributed by atoms with van der Waals surface area (Å²) in [5.41, 5.74) is 1.05. The van der Waals surface area contributed by atoms with E-state index < -0.39 is 24.0 Å².